The third-order valence-corrected chi connectivity index (χ3v) is 2.71. The Hall–Kier alpha value is -0.0800. The summed E-state index contributed by atoms with van der Waals surface area (Å²) in [6, 6.07) is 0.629. The molecule has 74 valence electrons. The van der Waals surface area contributed by atoms with Crippen LogP contribution < -0.4 is 5.32 Å². The van der Waals surface area contributed by atoms with Gasteiger partial charge in [-0.25, -0.2) is 0 Å². The molecule has 0 heterocycles. The fraction of sp³-hybridized carbons (Fsp3) is 1.00. The molecule has 1 atom stereocenters. The molecule has 0 aliphatic carbocycles. The Morgan fingerprint density at radius 1 is 1.33 bits per heavy atom. The Morgan fingerprint density at radius 3 is 2.17 bits per heavy atom. The zero-order chi connectivity index (χ0) is 9.78. The molecule has 0 amide bonds. The molecule has 0 saturated carbocycles. The van der Waals surface area contributed by atoms with Crippen molar-refractivity contribution in [2.75, 3.05) is 20.6 Å². The molecule has 2 nitrogen and oxygen atoms in total. The predicted octanol–water partition coefficient (Wildman–Crippen LogP) is 1.71. The van der Waals surface area contributed by atoms with E-state index in [1.165, 1.54) is 6.42 Å². The topological polar surface area (TPSA) is 15.3 Å². The van der Waals surface area contributed by atoms with Crippen molar-refractivity contribution in [3.63, 3.8) is 0 Å². The van der Waals surface area contributed by atoms with Crippen molar-refractivity contribution in [2.24, 2.45) is 0 Å². The first-order chi connectivity index (χ1) is 5.40. The number of nitrogens with one attached hydrogen (secondary N) is 1. The van der Waals surface area contributed by atoms with Crippen LogP contribution in [0.25, 0.3) is 0 Å². The summed E-state index contributed by atoms with van der Waals surface area (Å²) in [4.78, 5) is 2.25. The van der Waals surface area contributed by atoms with Gasteiger partial charge in [0.05, 0.1) is 0 Å². The van der Waals surface area contributed by atoms with Crippen molar-refractivity contribution in [2.45, 2.75) is 45.7 Å². The Bertz CT molecular complexity index is 119. The summed E-state index contributed by atoms with van der Waals surface area (Å²) < 4.78 is 0. The molecule has 0 bridgehead atoms. The van der Waals surface area contributed by atoms with Crippen LogP contribution in [0.2, 0.25) is 0 Å². The number of hydrogen-bond acceptors (Lipinski definition) is 2. The van der Waals surface area contributed by atoms with E-state index in [1.807, 2.05) is 0 Å². The van der Waals surface area contributed by atoms with E-state index >= 15 is 0 Å². The zero-order valence-corrected chi connectivity index (χ0v) is 9.44. The zero-order valence-electron chi connectivity index (χ0n) is 9.44. The fourth-order valence-corrected chi connectivity index (χ4v) is 0.726. The quantitative estimate of drug-likeness (QED) is 0.679. The molecule has 0 radical (unpaired) electrons. The summed E-state index contributed by atoms with van der Waals surface area (Å²) in [6.45, 7) is 9.99. The van der Waals surface area contributed by atoms with Gasteiger partial charge in [0.1, 0.15) is 0 Å². The maximum Gasteiger partial charge on any atom is 0.0271 e. The molecular weight excluding hydrogens is 148 g/mol. The average molecular weight is 172 g/mol. The molecule has 2 heteroatoms. The summed E-state index contributed by atoms with van der Waals surface area (Å²) in [5, 5.41) is 3.51. The van der Waals surface area contributed by atoms with E-state index in [0.29, 0.717) is 6.04 Å². The molecule has 0 spiro atoms. The third kappa shape index (κ3) is 4.07. The highest BCUT2D eigenvalue weighted by Gasteiger charge is 2.20. The number of nitrogens with zero attached hydrogens (tertiary/aromatic N) is 1. The minimum absolute atomic E-state index is 0.253. The van der Waals surface area contributed by atoms with E-state index in [2.05, 4.69) is 52.0 Å². The molecular formula is C10H24N2. The third-order valence-electron chi connectivity index (χ3n) is 2.71. The standard InChI is InChI=1S/C10H24N2/c1-7-9(2)11-8-10(3,4)12(5)6/h9,11H,7-8H2,1-6H3. The van der Waals surface area contributed by atoms with Crippen LogP contribution in [0.5, 0.6) is 0 Å². The maximum atomic E-state index is 3.51. The van der Waals surface area contributed by atoms with Crippen molar-refractivity contribution in [1.82, 2.24) is 10.2 Å². The lowest BCUT2D eigenvalue weighted by atomic mass is 10.0. The van der Waals surface area contributed by atoms with Crippen LogP contribution in [0.15, 0.2) is 0 Å². The summed E-state index contributed by atoms with van der Waals surface area (Å²) in [6.07, 6.45) is 1.20. The lowest BCUT2D eigenvalue weighted by Crippen LogP contribution is -2.48. The molecule has 0 aliphatic heterocycles. The van der Waals surface area contributed by atoms with E-state index < -0.39 is 0 Å². The Morgan fingerprint density at radius 2 is 1.83 bits per heavy atom. The van der Waals surface area contributed by atoms with Crippen molar-refractivity contribution >= 4 is 0 Å². The van der Waals surface area contributed by atoms with Crippen molar-refractivity contribution in [3.05, 3.63) is 0 Å². The molecule has 0 rings (SSSR count). The second-order valence-electron chi connectivity index (χ2n) is 4.40. The summed E-state index contributed by atoms with van der Waals surface area (Å²) in [5.41, 5.74) is 0.253. The van der Waals surface area contributed by atoms with Crippen LogP contribution in [0.4, 0.5) is 0 Å². The summed E-state index contributed by atoms with van der Waals surface area (Å²) >= 11 is 0. The summed E-state index contributed by atoms with van der Waals surface area (Å²) in [5.74, 6) is 0. The van der Waals surface area contributed by atoms with Gasteiger partial charge in [0.15, 0.2) is 0 Å². The van der Waals surface area contributed by atoms with E-state index in [9.17, 15) is 0 Å². The van der Waals surface area contributed by atoms with Gasteiger partial charge in [0.2, 0.25) is 0 Å². The fourth-order valence-electron chi connectivity index (χ4n) is 0.726. The maximum absolute atomic E-state index is 3.51. The van der Waals surface area contributed by atoms with Crippen LogP contribution in [0.3, 0.4) is 0 Å². The molecule has 1 unspecified atom stereocenters. The Kier molecular flexibility index (Phi) is 4.80. The van der Waals surface area contributed by atoms with E-state index in [-0.39, 0.29) is 5.54 Å². The van der Waals surface area contributed by atoms with Crippen LogP contribution in [0.1, 0.15) is 34.1 Å². The average Bonchev–Trinajstić information content (AvgIpc) is 2.00. The van der Waals surface area contributed by atoms with Crippen LogP contribution >= 0.6 is 0 Å². The van der Waals surface area contributed by atoms with Gasteiger partial charge < -0.3 is 10.2 Å². The Labute approximate surface area is 77.3 Å². The van der Waals surface area contributed by atoms with Crippen LogP contribution in [-0.2, 0) is 0 Å². The predicted molar refractivity (Wildman–Crippen MR) is 55.5 cm³/mol. The van der Waals surface area contributed by atoms with Gasteiger partial charge >= 0.3 is 0 Å². The van der Waals surface area contributed by atoms with E-state index in [1.54, 1.807) is 0 Å². The number of likely N-dealkylation sites (N-methyl/N-ethyl adjacent to an activating group) is 1. The van der Waals surface area contributed by atoms with Gasteiger partial charge in [-0.3, -0.25) is 0 Å². The SMILES string of the molecule is CCC(C)NCC(C)(C)N(C)C. The lowest BCUT2D eigenvalue weighted by molar-refractivity contribution is 0.185. The van der Waals surface area contributed by atoms with Gasteiger partial charge in [0, 0.05) is 18.1 Å². The van der Waals surface area contributed by atoms with Crippen molar-refractivity contribution in [1.29, 1.82) is 0 Å². The van der Waals surface area contributed by atoms with Gasteiger partial charge in [-0.05, 0) is 41.3 Å². The number of rotatable bonds is 5. The lowest BCUT2D eigenvalue weighted by Gasteiger charge is -2.33. The van der Waals surface area contributed by atoms with Crippen molar-refractivity contribution in [3.8, 4) is 0 Å². The first kappa shape index (κ1) is 11.9. The number of hydrogen-bond donors (Lipinski definition) is 1. The monoisotopic (exact) mass is 172 g/mol. The molecule has 1 N–H and O–H groups in total. The molecule has 0 aliphatic rings. The normalized spacial score (nSPS) is 15.2. The largest absolute Gasteiger partial charge is 0.312 e. The minimum Gasteiger partial charge on any atom is -0.312 e. The molecule has 12 heavy (non-hydrogen) atoms. The summed E-state index contributed by atoms with van der Waals surface area (Å²) in [7, 11) is 4.25. The van der Waals surface area contributed by atoms with E-state index in [4.69, 9.17) is 0 Å². The second-order valence-corrected chi connectivity index (χ2v) is 4.40. The first-order valence-corrected chi connectivity index (χ1v) is 4.81. The highest BCUT2D eigenvalue weighted by molar-refractivity contribution is 4.80. The minimum atomic E-state index is 0.253. The highest BCUT2D eigenvalue weighted by Crippen LogP contribution is 2.08. The molecule has 0 aromatic carbocycles. The van der Waals surface area contributed by atoms with Crippen LogP contribution in [0, 0.1) is 0 Å². The molecule has 0 saturated heterocycles. The van der Waals surface area contributed by atoms with Crippen LogP contribution in [-0.4, -0.2) is 37.1 Å². The molecule has 0 aromatic heterocycles. The second kappa shape index (κ2) is 4.83. The highest BCUT2D eigenvalue weighted by atomic mass is 15.2. The van der Waals surface area contributed by atoms with Gasteiger partial charge in [-0.15, -0.1) is 0 Å². The molecule has 0 aromatic rings. The Balaban J connectivity index is 3.75. The van der Waals surface area contributed by atoms with Gasteiger partial charge in [-0.2, -0.15) is 0 Å². The smallest absolute Gasteiger partial charge is 0.0271 e. The van der Waals surface area contributed by atoms with Crippen molar-refractivity contribution < 1.29 is 0 Å². The molecule has 0 fully saturated rings. The van der Waals surface area contributed by atoms with Gasteiger partial charge in [0.25, 0.3) is 0 Å². The van der Waals surface area contributed by atoms with E-state index in [0.717, 1.165) is 6.54 Å². The van der Waals surface area contributed by atoms with Gasteiger partial charge in [-0.1, -0.05) is 6.92 Å². The first-order valence-electron chi connectivity index (χ1n) is 4.81.